The summed E-state index contributed by atoms with van der Waals surface area (Å²) in [4.78, 5) is 35.8. The number of methoxy groups -OCH3 is 2. The monoisotopic (exact) mass is 398 g/mol. The maximum Gasteiger partial charge on any atom is 0.355 e. The molecule has 8 nitrogen and oxygen atoms in total. The number of esters is 1. The van der Waals surface area contributed by atoms with Crippen LogP contribution >= 0.6 is 0 Å². The Labute approximate surface area is 168 Å². The summed E-state index contributed by atoms with van der Waals surface area (Å²) in [5, 5.41) is 5.01. The number of benzene rings is 2. The topological polar surface area (TPSA) is 103 Å². The number of ether oxygens (including phenoxy) is 3. The number of amides is 2. The fourth-order valence-electron chi connectivity index (χ4n) is 2.34. The van der Waals surface area contributed by atoms with Crippen molar-refractivity contribution in [2.24, 2.45) is 0 Å². The van der Waals surface area contributed by atoms with Crippen LogP contribution in [0.1, 0.15) is 12.5 Å². The van der Waals surface area contributed by atoms with E-state index in [-0.39, 0.29) is 5.70 Å². The Morgan fingerprint density at radius 3 is 2.14 bits per heavy atom. The first-order chi connectivity index (χ1) is 13.9. The summed E-state index contributed by atoms with van der Waals surface area (Å²) in [6.45, 7) is 0.735. The van der Waals surface area contributed by atoms with Crippen LogP contribution in [0.3, 0.4) is 0 Å². The zero-order chi connectivity index (χ0) is 21.2. The number of rotatable bonds is 8. The van der Waals surface area contributed by atoms with Gasteiger partial charge in [0, 0.05) is 30.8 Å². The average molecular weight is 398 g/mol. The predicted molar refractivity (Wildman–Crippen MR) is 107 cm³/mol. The number of hydrogen-bond acceptors (Lipinski definition) is 6. The van der Waals surface area contributed by atoms with Crippen LogP contribution in [0, 0.1) is 0 Å². The van der Waals surface area contributed by atoms with Crippen molar-refractivity contribution in [2.45, 2.75) is 6.92 Å². The van der Waals surface area contributed by atoms with Gasteiger partial charge in [0.25, 0.3) is 5.91 Å². The predicted octanol–water partition coefficient (Wildman–Crippen LogP) is 2.36. The molecule has 2 amide bonds. The molecule has 8 heteroatoms. The van der Waals surface area contributed by atoms with Gasteiger partial charge in [-0.2, -0.15) is 0 Å². The number of hydrogen-bond donors (Lipinski definition) is 2. The minimum absolute atomic E-state index is 0.0699. The van der Waals surface area contributed by atoms with Crippen molar-refractivity contribution in [2.75, 3.05) is 26.1 Å². The Hall–Kier alpha value is -3.81. The molecule has 0 saturated carbocycles. The van der Waals surface area contributed by atoms with Gasteiger partial charge in [-0.05, 0) is 11.6 Å². The van der Waals surface area contributed by atoms with Gasteiger partial charge in [0.1, 0.15) is 17.2 Å². The summed E-state index contributed by atoms with van der Waals surface area (Å²) >= 11 is 0. The van der Waals surface area contributed by atoms with Crippen LogP contribution in [0.15, 0.2) is 54.2 Å². The summed E-state index contributed by atoms with van der Waals surface area (Å²) in [5.74, 6) is -0.833. The summed E-state index contributed by atoms with van der Waals surface area (Å²) < 4.78 is 15.3. The molecule has 0 aliphatic carbocycles. The molecule has 0 spiro atoms. The van der Waals surface area contributed by atoms with E-state index in [9.17, 15) is 14.4 Å². The van der Waals surface area contributed by atoms with Crippen LogP contribution in [0.4, 0.5) is 5.69 Å². The first-order valence-electron chi connectivity index (χ1n) is 8.65. The third kappa shape index (κ3) is 7.02. The number of anilines is 1. The van der Waals surface area contributed by atoms with Crippen molar-refractivity contribution in [1.29, 1.82) is 0 Å². The van der Waals surface area contributed by atoms with Crippen molar-refractivity contribution < 1.29 is 28.6 Å². The molecule has 0 bridgehead atoms. The van der Waals surface area contributed by atoms with Gasteiger partial charge >= 0.3 is 5.97 Å². The standard InChI is InChI=1S/C21H22N2O6/c1-14(24)22-19(9-15-7-5-4-6-8-15)21(26)29-13-20(25)23-16-10-17(27-2)12-18(11-16)28-3/h4-12H,13H2,1-3H3,(H,22,24)(H,23,25)/b19-9+. The Bertz CT molecular complexity index is 886. The smallest absolute Gasteiger partial charge is 0.355 e. The van der Waals surface area contributed by atoms with Crippen LogP contribution < -0.4 is 20.1 Å². The van der Waals surface area contributed by atoms with E-state index in [4.69, 9.17) is 14.2 Å². The average Bonchev–Trinajstić information content (AvgIpc) is 2.71. The molecule has 29 heavy (non-hydrogen) atoms. The van der Waals surface area contributed by atoms with Gasteiger partial charge in [0.05, 0.1) is 14.2 Å². The highest BCUT2D eigenvalue weighted by molar-refractivity contribution is 5.99. The second kappa shape index (κ2) is 10.5. The second-order valence-electron chi connectivity index (χ2n) is 5.88. The van der Waals surface area contributed by atoms with E-state index in [2.05, 4.69) is 10.6 Å². The molecule has 0 unspecified atom stereocenters. The molecule has 0 atom stereocenters. The van der Waals surface area contributed by atoms with E-state index >= 15 is 0 Å². The van der Waals surface area contributed by atoms with E-state index in [1.807, 2.05) is 6.07 Å². The summed E-state index contributed by atoms with van der Waals surface area (Å²) in [5.41, 5.74) is 1.05. The molecule has 0 aromatic heterocycles. The van der Waals surface area contributed by atoms with Gasteiger partial charge in [0.2, 0.25) is 5.91 Å². The molecule has 0 radical (unpaired) electrons. The molecule has 0 aliphatic rings. The fourth-order valence-corrected chi connectivity index (χ4v) is 2.34. The molecule has 2 aromatic carbocycles. The van der Waals surface area contributed by atoms with E-state index in [0.29, 0.717) is 22.7 Å². The van der Waals surface area contributed by atoms with Crippen LogP contribution in [0.5, 0.6) is 11.5 Å². The van der Waals surface area contributed by atoms with Gasteiger partial charge in [-0.25, -0.2) is 4.79 Å². The molecule has 0 saturated heterocycles. The first-order valence-corrected chi connectivity index (χ1v) is 8.65. The lowest BCUT2D eigenvalue weighted by molar-refractivity contribution is -0.144. The highest BCUT2D eigenvalue weighted by Gasteiger charge is 2.15. The largest absolute Gasteiger partial charge is 0.497 e. The van der Waals surface area contributed by atoms with Gasteiger partial charge in [-0.1, -0.05) is 30.3 Å². The Morgan fingerprint density at radius 1 is 0.966 bits per heavy atom. The SMILES string of the molecule is COc1cc(NC(=O)COC(=O)/C(=C\c2ccccc2)NC(C)=O)cc(OC)c1. The van der Waals surface area contributed by atoms with Crippen molar-refractivity contribution in [3.05, 3.63) is 59.8 Å². The zero-order valence-corrected chi connectivity index (χ0v) is 16.4. The molecule has 2 N–H and O–H groups in total. The van der Waals surface area contributed by atoms with Gasteiger partial charge in [-0.3, -0.25) is 9.59 Å². The summed E-state index contributed by atoms with van der Waals surface area (Å²) in [6.07, 6.45) is 1.47. The third-order valence-electron chi connectivity index (χ3n) is 3.61. The molecule has 0 aliphatic heterocycles. The van der Waals surface area contributed by atoms with Crippen LogP contribution in [-0.4, -0.2) is 38.6 Å². The van der Waals surface area contributed by atoms with E-state index in [1.165, 1.54) is 27.2 Å². The van der Waals surface area contributed by atoms with Crippen molar-refractivity contribution in [3.63, 3.8) is 0 Å². The Morgan fingerprint density at radius 2 is 1.59 bits per heavy atom. The fraction of sp³-hybridized carbons (Fsp3) is 0.190. The van der Waals surface area contributed by atoms with Gasteiger partial charge < -0.3 is 24.8 Å². The quantitative estimate of drug-likeness (QED) is 0.523. The number of nitrogens with one attached hydrogen (secondary N) is 2. The minimum atomic E-state index is -0.831. The highest BCUT2D eigenvalue weighted by Crippen LogP contribution is 2.25. The molecular weight excluding hydrogens is 376 g/mol. The first kappa shape index (κ1) is 21.5. The minimum Gasteiger partial charge on any atom is -0.497 e. The van der Waals surface area contributed by atoms with Crippen LogP contribution in [0.2, 0.25) is 0 Å². The maximum atomic E-state index is 12.3. The van der Waals surface area contributed by atoms with E-state index in [1.54, 1.807) is 42.5 Å². The summed E-state index contributed by atoms with van der Waals surface area (Å²) in [6, 6.07) is 13.8. The Kier molecular flexibility index (Phi) is 7.78. The zero-order valence-electron chi connectivity index (χ0n) is 16.4. The second-order valence-corrected chi connectivity index (χ2v) is 5.88. The molecule has 152 valence electrons. The molecule has 2 rings (SSSR count). The molecule has 0 heterocycles. The van der Waals surface area contributed by atoms with E-state index < -0.39 is 24.4 Å². The lowest BCUT2D eigenvalue weighted by Gasteiger charge is -2.11. The number of carbonyl (C=O) groups is 3. The molecule has 2 aromatic rings. The van der Waals surface area contributed by atoms with Crippen molar-refractivity contribution in [3.8, 4) is 11.5 Å². The maximum absolute atomic E-state index is 12.3. The summed E-state index contributed by atoms with van der Waals surface area (Å²) in [7, 11) is 2.98. The van der Waals surface area contributed by atoms with Gasteiger partial charge in [0.15, 0.2) is 6.61 Å². The number of carbonyl (C=O) groups excluding carboxylic acids is 3. The van der Waals surface area contributed by atoms with Crippen molar-refractivity contribution in [1.82, 2.24) is 5.32 Å². The Balaban J connectivity index is 2.03. The molecule has 0 fully saturated rings. The third-order valence-corrected chi connectivity index (χ3v) is 3.61. The van der Waals surface area contributed by atoms with Crippen LogP contribution in [-0.2, 0) is 19.1 Å². The molecular formula is C21H22N2O6. The lowest BCUT2D eigenvalue weighted by Crippen LogP contribution is -2.28. The van der Waals surface area contributed by atoms with Gasteiger partial charge in [-0.15, -0.1) is 0 Å². The van der Waals surface area contributed by atoms with Crippen molar-refractivity contribution >= 4 is 29.5 Å². The lowest BCUT2D eigenvalue weighted by atomic mass is 10.2. The normalized spacial score (nSPS) is 10.7. The van der Waals surface area contributed by atoms with E-state index in [0.717, 1.165) is 0 Å². The highest BCUT2D eigenvalue weighted by atomic mass is 16.5. The van der Waals surface area contributed by atoms with Crippen LogP contribution in [0.25, 0.3) is 6.08 Å².